The molecule has 3 amide bonds. The molecule has 2 aromatic heterocycles. The van der Waals surface area contributed by atoms with E-state index in [1.54, 1.807) is 20.0 Å². The molecule has 2 atom stereocenters. The number of aromatic amines is 1. The number of likely N-dealkylation sites (tertiary alicyclic amines) is 1. The summed E-state index contributed by atoms with van der Waals surface area (Å²) in [5.41, 5.74) is 3.55. The number of rotatable bonds is 8. The van der Waals surface area contributed by atoms with E-state index in [9.17, 15) is 14.4 Å². The van der Waals surface area contributed by atoms with Gasteiger partial charge in [-0.1, -0.05) is 65.8 Å². The van der Waals surface area contributed by atoms with Crippen LogP contribution in [0.15, 0.2) is 77.4 Å². The maximum absolute atomic E-state index is 12.1. The van der Waals surface area contributed by atoms with Crippen LogP contribution in [0.2, 0.25) is 0 Å². The molecule has 1 saturated heterocycles. The van der Waals surface area contributed by atoms with E-state index in [1.165, 1.54) is 17.2 Å². The molecule has 1 aliphatic rings. The molecule has 4 aromatic rings. The van der Waals surface area contributed by atoms with Crippen LogP contribution >= 0.6 is 0 Å². The highest BCUT2D eigenvalue weighted by molar-refractivity contribution is 5.94. The second-order valence-electron chi connectivity index (χ2n) is 10.0. The number of imidazole rings is 1. The minimum absolute atomic E-state index is 0. The molecule has 220 valence electrons. The van der Waals surface area contributed by atoms with Crippen molar-refractivity contribution in [2.24, 2.45) is 0 Å². The number of nitrogens with zero attached hydrogens (tertiary/aromatic N) is 3. The van der Waals surface area contributed by atoms with Gasteiger partial charge in [0.05, 0.1) is 18.6 Å². The van der Waals surface area contributed by atoms with Crippen LogP contribution in [0.25, 0.3) is 0 Å². The molecule has 0 bridgehead atoms. The van der Waals surface area contributed by atoms with E-state index in [1.807, 2.05) is 60.4 Å². The van der Waals surface area contributed by atoms with Gasteiger partial charge in [0, 0.05) is 42.1 Å². The van der Waals surface area contributed by atoms with E-state index in [2.05, 4.69) is 37.9 Å². The van der Waals surface area contributed by atoms with Gasteiger partial charge in [0.15, 0.2) is 5.69 Å². The summed E-state index contributed by atoms with van der Waals surface area (Å²) in [6, 6.07) is 21.8. The van der Waals surface area contributed by atoms with Crippen LogP contribution in [0.5, 0.6) is 0 Å². The third-order valence-electron chi connectivity index (χ3n) is 6.78. The summed E-state index contributed by atoms with van der Waals surface area (Å²) in [5.74, 6) is 0.598. The van der Waals surface area contributed by atoms with Crippen molar-refractivity contribution in [2.75, 3.05) is 13.1 Å². The topological polar surface area (TPSA) is 133 Å². The van der Waals surface area contributed by atoms with Crippen molar-refractivity contribution in [3.05, 3.63) is 107 Å². The Labute approximate surface area is 244 Å². The summed E-state index contributed by atoms with van der Waals surface area (Å²) < 4.78 is 4.84. The predicted molar refractivity (Wildman–Crippen MR) is 160 cm³/mol. The molecule has 1 aliphatic heterocycles. The average Bonchev–Trinajstić information content (AvgIpc) is 3.74. The number of carbonyl (C=O) groups is 3. The first-order valence-corrected chi connectivity index (χ1v) is 13.7. The van der Waals surface area contributed by atoms with Gasteiger partial charge in [0.25, 0.3) is 5.91 Å². The standard InChI is InChI=1S/C19H21N5O3.C12H15NO.3H2/c1-12-8-16(24-27-12)19(26)21-11-17(25)22-13(2)18-20-10-15(23-18)9-14-6-4-3-5-7-14;1-10(14)13-9-5-8-12(13)11-6-3-2-4-7-11;;;/h3-8,10,13H,9,11H2,1-2H3,(H,20,23)(H,21,26)(H,22,25);2-4,6-7,12H,5,8-9H2,1H3;3*1H/t13-;12-;;;/m01.../s1. The van der Waals surface area contributed by atoms with Crippen molar-refractivity contribution in [1.29, 1.82) is 0 Å². The summed E-state index contributed by atoms with van der Waals surface area (Å²) >= 11 is 0. The van der Waals surface area contributed by atoms with Crippen LogP contribution in [0, 0.1) is 6.92 Å². The molecular weight excluding hydrogens is 520 g/mol. The normalized spacial score (nSPS) is 15.0. The number of H-pyrrole nitrogens is 1. The zero-order valence-corrected chi connectivity index (χ0v) is 23.6. The van der Waals surface area contributed by atoms with Crippen LogP contribution < -0.4 is 10.6 Å². The Balaban J connectivity index is 0.000000485. The van der Waals surface area contributed by atoms with Gasteiger partial charge in [-0.2, -0.15) is 0 Å². The summed E-state index contributed by atoms with van der Waals surface area (Å²) in [6.07, 6.45) is 4.73. The van der Waals surface area contributed by atoms with Crippen LogP contribution in [0.1, 0.15) is 81.9 Å². The second-order valence-corrected chi connectivity index (χ2v) is 10.0. The minimum Gasteiger partial charge on any atom is -0.361 e. The van der Waals surface area contributed by atoms with E-state index in [4.69, 9.17) is 4.52 Å². The Hall–Kier alpha value is -4.73. The molecule has 10 nitrogen and oxygen atoms in total. The highest BCUT2D eigenvalue weighted by Gasteiger charge is 2.27. The zero-order valence-electron chi connectivity index (χ0n) is 23.6. The predicted octanol–water partition coefficient (Wildman–Crippen LogP) is 5.01. The summed E-state index contributed by atoms with van der Waals surface area (Å²) in [5, 5.41) is 8.90. The lowest BCUT2D eigenvalue weighted by molar-refractivity contribution is -0.129. The van der Waals surface area contributed by atoms with Crippen LogP contribution in [0.4, 0.5) is 0 Å². The SMILES string of the molecule is CC(=O)N1CCC[C@@H]1c1ccccc1.Cc1cc(C(=O)NCC(=O)N[C@@H](C)c2ncc(Cc3ccccc3)[nH]2)no1.[HH].[HH].[HH]. The minimum atomic E-state index is -0.460. The van der Waals surface area contributed by atoms with Gasteiger partial charge >= 0.3 is 0 Å². The van der Waals surface area contributed by atoms with Gasteiger partial charge < -0.3 is 25.0 Å². The quantitative estimate of drug-likeness (QED) is 0.276. The number of carbonyl (C=O) groups excluding carboxylic acids is 3. The summed E-state index contributed by atoms with van der Waals surface area (Å²) in [6.45, 7) is 5.92. The lowest BCUT2D eigenvalue weighted by Gasteiger charge is -2.23. The molecule has 3 heterocycles. The highest BCUT2D eigenvalue weighted by atomic mass is 16.5. The second kappa shape index (κ2) is 14.1. The molecule has 41 heavy (non-hydrogen) atoms. The van der Waals surface area contributed by atoms with Gasteiger partial charge in [0.2, 0.25) is 11.8 Å². The largest absolute Gasteiger partial charge is 0.361 e. The fourth-order valence-corrected chi connectivity index (χ4v) is 4.75. The monoisotopic (exact) mass is 562 g/mol. The molecule has 0 spiro atoms. The van der Waals surface area contributed by atoms with Crippen LogP contribution in [-0.2, 0) is 16.0 Å². The third-order valence-corrected chi connectivity index (χ3v) is 6.78. The average molecular weight is 563 g/mol. The van der Waals surface area contributed by atoms with E-state index in [0.29, 0.717) is 17.6 Å². The smallest absolute Gasteiger partial charge is 0.273 e. The first-order valence-electron chi connectivity index (χ1n) is 13.7. The number of aromatic nitrogens is 3. The van der Waals surface area contributed by atoms with Crippen molar-refractivity contribution in [2.45, 2.75) is 52.1 Å². The Morgan fingerprint density at radius 1 is 1.12 bits per heavy atom. The summed E-state index contributed by atoms with van der Waals surface area (Å²) in [4.78, 5) is 44.8. The number of hydrogen-bond donors (Lipinski definition) is 3. The molecular formula is C31H42N6O4. The molecule has 10 heteroatoms. The van der Waals surface area contributed by atoms with E-state index < -0.39 is 5.91 Å². The first kappa shape index (κ1) is 29.3. The Morgan fingerprint density at radius 2 is 1.83 bits per heavy atom. The third kappa shape index (κ3) is 8.38. The number of benzene rings is 2. The Bertz CT molecular complexity index is 1450. The van der Waals surface area contributed by atoms with E-state index in [0.717, 1.165) is 31.5 Å². The van der Waals surface area contributed by atoms with Crippen molar-refractivity contribution in [3.8, 4) is 0 Å². The van der Waals surface area contributed by atoms with Gasteiger partial charge in [-0.15, -0.1) is 0 Å². The fourth-order valence-electron chi connectivity index (χ4n) is 4.75. The molecule has 5 rings (SSSR count). The first-order chi connectivity index (χ1) is 19.8. The van der Waals surface area contributed by atoms with Gasteiger partial charge in [-0.3, -0.25) is 14.4 Å². The lowest BCUT2D eigenvalue weighted by atomic mass is 10.0. The maximum atomic E-state index is 12.1. The molecule has 0 radical (unpaired) electrons. The van der Waals surface area contributed by atoms with Crippen molar-refractivity contribution < 1.29 is 23.2 Å². The van der Waals surface area contributed by atoms with Gasteiger partial charge in [-0.05, 0) is 37.8 Å². The maximum Gasteiger partial charge on any atom is 0.273 e. The molecule has 1 fully saturated rings. The number of amides is 3. The number of hydrogen-bond acceptors (Lipinski definition) is 6. The summed E-state index contributed by atoms with van der Waals surface area (Å²) in [7, 11) is 0. The number of aryl methyl sites for hydroxylation is 1. The van der Waals surface area contributed by atoms with Crippen LogP contribution in [0.3, 0.4) is 0 Å². The van der Waals surface area contributed by atoms with Crippen molar-refractivity contribution in [1.82, 2.24) is 30.7 Å². The zero-order chi connectivity index (χ0) is 29.2. The van der Waals surface area contributed by atoms with Crippen LogP contribution in [-0.4, -0.2) is 50.8 Å². The van der Waals surface area contributed by atoms with Crippen molar-refractivity contribution >= 4 is 17.7 Å². The van der Waals surface area contributed by atoms with E-state index >= 15 is 0 Å². The molecule has 0 saturated carbocycles. The van der Waals surface area contributed by atoms with Gasteiger partial charge in [-0.25, -0.2) is 4.98 Å². The Morgan fingerprint density at radius 3 is 2.49 bits per heavy atom. The molecule has 0 aliphatic carbocycles. The van der Waals surface area contributed by atoms with Gasteiger partial charge in [0.1, 0.15) is 11.6 Å². The molecule has 0 unspecified atom stereocenters. The fraction of sp³-hybridized carbons (Fsp3) is 0.323. The Kier molecular flexibility index (Phi) is 10.0. The lowest BCUT2D eigenvalue weighted by Crippen LogP contribution is -2.38. The van der Waals surface area contributed by atoms with E-state index in [-0.39, 0.29) is 34.4 Å². The highest BCUT2D eigenvalue weighted by Crippen LogP contribution is 2.31. The van der Waals surface area contributed by atoms with Crippen molar-refractivity contribution in [3.63, 3.8) is 0 Å². The number of nitrogens with one attached hydrogen (secondary N) is 3. The molecule has 2 aromatic carbocycles. The molecule has 3 N–H and O–H groups in total.